The van der Waals surface area contributed by atoms with E-state index in [0.29, 0.717) is 13.2 Å². The van der Waals surface area contributed by atoms with Crippen molar-refractivity contribution in [3.63, 3.8) is 0 Å². The molecule has 0 aliphatic carbocycles. The summed E-state index contributed by atoms with van der Waals surface area (Å²) in [4.78, 5) is 38.8. The maximum Gasteiger partial charge on any atom is 0.325 e. The van der Waals surface area contributed by atoms with Crippen molar-refractivity contribution in [3.05, 3.63) is 42.4 Å². The van der Waals surface area contributed by atoms with E-state index in [1.165, 1.54) is 42.8 Å². The molecule has 1 atom stereocenters. The molecule has 4 amide bonds. The summed E-state index contributed by atoms with van der Waals surface area (Å²) >= 11 is 0. The molecule has 2 N–H and O–H groups in total. The van der Waals surface area contributed by atoms with Crippen molar-refractivity contribution in [1.29, 1.82) is 0 Å². The number of ether oxygens (including phenoxy) is 2. The van der Waals surface area contributed by atoms with E-state index in [0.717, 1.165) is 4.90 Å². The summed E-state index contributed by atoms with van der Waals surface area (Å²) in [5, 5.41) is 5.07. The van der Waals surface area contributed by atoms with Crippen LogP contribution in [0.5, 0.6) is 5.75 Å². The lowest BCUT2D eigenvalue weighted by atomic mass is 9.99. The standard InChI is InChI=1S/C21H24N4O8S/c1-21(17-4-3-9-33-17)19(27)25(20(28)23-21)13-18(26)22-15-12-14(5-6-16(15)31-2)34(29,30)24-7-10-32-11-8-24/h3-6,9,12H,7-8,10-11,13H2,1-2H3,(H,22,26)(H,23,28)/t21-/m1/s1. The highest BCUT2D eigenvalue weighted by Crippen LogP contribution is 2.31. The minimum Gasteiger partial charge on any atom is -0.495 e. The van der Waals surface area contributed by atoms with Gasteiger partial charge in [0, 0.05) is 13.1 Å². The summed E-state index contributed by atoms with van der Waals surface area (Å²) < 4.78 is 43.0. The second-order valence-corrected chi connectivity index (χ2v) is 9.79. The second kappa shape index (κ2) is 9.08. The fourth-order valence-corrected chi connectivity index (χ4v) is 5.22. The molecule has 4 rings (SSSR count). The van der Waals surface area contributed by atoms with E-state index in [2.05, 4.69) is 10.6 Å². The average molecular weight is 493 g/mol. The van der Waals surface area contributed by atoms with E-state index in [9.17, 15) is 22.8 Å². The van der Waals surface area contributed by atoms with Gasteiger partial charge in [-0.2, -0.15) is 4.31 Å². The fraction of sp³-hybridized carbons (Fsp3) is 0.381. The van der Waals surface area contributed by atoms with Crippen LogP contribution in [-0.2, 0) is 29.9 Å². The molecule has 1 aromatic carbocycles. The Labute approximate surface area is 195 Å². The number of amides is 4. The quantitative estimate of drug-likeness (QED) is 0.537. The number of urea groups is 1. The van der Waals surface area contributed by atoms with Crippen LogP contribution in [0.3, 0.4) is 0 Å². The smallest absolute Gasteiger partial charge is 0.325 e. The molecule has 0 bridgehead atoms. The van der Waals surface area contributed by atoms with Crippen LogP contribution in [0.25, 0.3) is 0 Å². The number of hydrogen-bond donors (Lipinski definition) is 2. The zero-order valence-corrected chi connectivity index (χ0v) is 19.4. The second-order valence-electron chi connectivity index (χ2n) is 7.85. The van der Waals surface area contributed by atoms with Crippen LogP contribution in [0.1, 0.15) is 12.7 Å². The van der Waals surface area contributed by atoms with Gasteiger partial charge in [-0.1, -0.05) is 0 Å². The van der Waals surface area contributed by atoms with Gasteiger partial charge in [-0.25, -0.2) is 13.2 Å². The van der Waals surface area contributed by atoms with Crippen molar-refractivity contribution in [2.24, 2.45) is 0 Å². The molecule has 1 aromatic heterocycles. The van der Waals surface area contributed by atoms with Crippen LogP contribution in [0.4, 0.5) is 10.5 Å². The molecule has 12 nitrogen and oxygen atoms in total. The number of imide groups is 1. The Morgan fingerprint density at radius 3 is 2.62 bits per heavy atom. The van der Waals surface area contributed by atoms with Crippen molar-refractivity contribution in [2.75, 3.05) is 45.3 Å². The van der Waals surface area contributed by atoms with Crippen LogP contribution >= 0.6 is 0 Å². The third kappa shape index (κ3) is 4.24. The van der Waals surface area contributed by atoms with Gasteiger partial charge in [0.2, 0.25) is 15.9 Å². The van der Waals surface area contributed by atoms with Crippen molar-refractivity contribution in [2.45, 2.75) is 17.4 Å². The number of carbonyl (C=O) groups is 3. The first-order valence-electron chi connectivity index (χ1n) is 10.4. The van der Waals surface area contributed by atoms with Gasteiger partial charge in [0.1, 0.15) is 18.1 Å². The molecule has 0 radical (unpaired) electrons. The predicted octanol–water partition coefficient (Wildman–Crippen LogP) is 0.715. The maximum absolute atomic E-state index is 13.0. The van der Waals surface area contributed by atoms with Crippen molar-refractivity contribution in [3.8, 4) is 5.75 Å². The van der Waals surface area contributed by atoms with Crippen LogP contribution < -0.4 is 15.4 Å². The van der Waals surface area contributed by atoms with E-state index in [1.807, 2.05) is 0 Å². The van der Waals surface area contributed by atoms with Gasteiger partial charge < -0.3 is 24.5 Å². The lowest BCUT2D eigenvalue weighted by Crippen LogP contribution is -2.42. The number of hydrogen-bond acceptors (Lipinski definition) is 8. The van der Waals surface area contributed by atoms with Crippen LogP contribution in [0.2, 0.25) is 0 Å². The Balaban J connectivity index is 1.52. The molecule has 0 spiro atoms. The molecule has 0 unspecified atom stereocenters. The minimum absolute atomic E-state index is 0.0362. The van der Waals surface area contributed by atoms with Crippen LogP contribution in [0, 0.1) is 0 Å². The first-order chi connectivity index (χ1) is 16.2. The summed E-state index contributed by atoms with van der Waals surface area (Å²) in [7, 11) is -2.45. The highest BCUT2D eigenvalue weighted by molar-refractivity contribution is 7.89. The van der Waals surface area contributed by atoms with Gasteiger partial charge in [0.25, 0.3) is 5.91 Å². The van der Waals surface area contributed by atoms with E-state index >= 15 is 0 Å². The average Bonchev–Trinajstić information content (AvgIpc) is 3.44. The van der Waals surface area contributed by atoms with Gasteiger partial charge in [-0.15, -0.1) is 0 Å². The SMILES string of the molecule is COc1ccc(S(=O)(=O)N2CCOCC2)cc1NC(=O)CN1C(=O)N[C@](C)(c2ccco2)C1=O. The van der Waals surface area contributed by atoms with Crippen molar-refractivity contribution in [1.82, 2.24) is 14.5 Å². The first kappa shape index (κ1) is 23.7. The highest BCUT2D eigenvalue weighted by atomic mass is 32.2. The number of carbonyl (C=O) groups excluding carboxylic acids is 3. The number of sulfonamides is 1. The van der Waals surface area contributed by atoms with E-state index in [-0.39, 0.29) is 35.2 Å². The molecule has 2 aromatic rings. The number of furan rings is 1. The number of morpholine rings is 1. The van der Waals surface area contributed by atoms with Crippen LogP contribution in [-0.4, -0.2) is 75.4 Å². The summed E-state index contributed by atoms with van der Waals surface area (Å²) in [6.45, 7) is 1.91. The van der Waals surface area contributed by atoms with Crippen molar-refractivity contribution < 1.29 is 36.7 Å². The van der Waals surface area contributed by atoms with Crippen LogP contribution in [0.15, 0.2) is 45.9 Å². The molecule has 2 aliphatic heterocycles. The summed E-state index contributed by atoms with van der Waals surface area (Å²) in [5.41, 5.74) is -1.35. The topological polar surface area (TPSA) is 147 Å². The normalized spacial score (nSPS) is 21.4. The maximum atomic E-state index is 13.0. The monoisotopic (exact) mass is 492 g/mol. The molecule has 34 heavy (non-hydrogen) atoms. The Hall–Kier alpha value is -3.42. The molecule has 13 heteroatoms. The zero-order chi connectivity index (χ0) is 24.5. The summed E-state index contributed by atoms with van der Waals surface area (Å²) in [5.74, 6) is -0.923. The Morgan fingerprint density at radius 1 is 1.24 bits per heavy atom. The summed E-state index contributed by atoms with van der Waals surface area (Å²) in [6.07, 6.45) is 1.37. The molecular formula is C21H24N4O8S. The number of nitrogens with one attached hydrogen (secondary N) is 2. The minimum atomic E-state index is -3.82. The van der Waals surface area contributed by atoms with Gasteiger partial charge in [-0.05, 0) is 37.3 Å². The number of methoxy groups -OCH3 is 1. The Bertz CT molecular complexity index is 1210. The van der Waals surface area contributed by atoms with Gasteiger partial charge in [0.05, 0.1) is 37.2 Å². The number of benzene rings is 1. The Kier molecular flexibility index (Phi) is 6.34. The highest BCUT2D eigenvalue weighted by Gasteiger charge is 2.51. The van der Waals surface area contributed by atoms with E-state index < -0.39 is 40.0 Å². The first-order valence-corrected chi connectivity index (χ1v) is 11.8. The third-order valence-electron chi connectivity index (χ3n) is 5.64. The summed E-state index contributed by atoms with van der Waals surface area (Å²) in [6, 6.07) is 6.46. The molecule has 182 valence electrons. The Morgan fingerprint density at radius 2 is 1.97 bits per heavy atom. The third-order valence-corrected chi connectivity index (χ3v) is 7.54. The molecule has 0 saturated carbocycles. The lowest BCUT2D eigenvalue weighted by molar-refractivity contribution is -0.134. The number of nitrogens with zero attached hydrogens (tertiary/aromatic N) is 2. The van der Waals surface area contributed by atoms with Crippen molar-refractivity contribution >= 4 is 33.6 Å². The molecule has 2 saturated heterocycles. The van der Waals surface area contributed by atoms with E-state index in [4.69, 9.17) is 13.9 Å². The van der Waals surface area contributed by atoms with Gasteiger partial charge in [-0.3, -0.25) is 14.5 Å². The molecule has 2 fully saturated rings. The number of rotatable bonds is 7. The van der Waals surface area contributed by atoms with Gasteiger partial charge in [0.15, 0.2) is 5.54 Å². The van der Waals surface area contributed by atoms with Gasteiger partial charge >= 0.3 is 6.03 Å². The molecule has 2 aliphatic rings. The van der Waals surface area contributed by atoms with E-state index in [1.54, 1.807) is 12.1 Å². The number of anilines is 1. The largest absolute Gasteiger partial charge is 0.495 e. The molecule has 3 heterocycles. The molecular weight excluding hydrogens is 468 g/mol. The predicted molar refractivity (Wildman–Crippen MR) is 118 cm³/mol. The fourth-order valence-electron chi connectivity index (χ4n) is 3.79. The zero-order valence-electron chi connectivity index (χ0n) is 18.6. The lowest BCUT2D eigenvalue weighted by Gasteiger charge is -2.26.